The summed E-state index contributed by atoms with van der Waals surface area (Å²) in [7, 11) is -0.928. The molecule has 0 radical (unpaired) electrons. The standard InChI is InChI=1S/C32H44BNO5/c1-5-9-22(17-23-14-20(3)30(35)21(4)15-23)12-13-27-28-19(2)16-25-29(26(28)18-33(38)39-27)32(37)34(31(25)36)24-10-7-6-8-11-24/h14-15,17,24-27,29,35,38H,5-13,16,18H2,1-4H3/b22-17+/t25-,26+,27-,29-/m1/s1. The van der Waals surface area contributed by atoms with E-state index in [-0.39, 0.29) is 41.7 Å². The number of benzene rings is 1. The zero-order valence-corrected chi connectivity index (χ0v) is 24.0. The molecule has 2 N–H and O–H groups in total. The Morgan fingerprint density at radius 2 is 1.74 bits per heavy atom. The Kier molecular flexibility index (Phi) is 8.39. The van der Waals surface area contributed by atoms with E-state index in [2.05, 4.69) is 19.9 Å². The van der Waals surface area contributed by atoms with E-state index in [0.29, 0.717) is 18.5 Å². The first kappa shape index (κ1) is 28.2. The molecule has 3 fully saturated rings. The van der Waals surface area contributed by atoms with Crippen LogP contribution in [0.1, 0.15) is 94.7 Å². The van der Waals surface area contributed by atoms with Gasteiger partial charge in [-0.1, -0.05) is 49.8 Å². The van der Waals surface area contributed by atoms with Gasteiger partial charge in [0, 0.05) is 6.04 Å². The van der Waals surface area contributed by atoms with E-state index in [0.717, 1.165) is 79.2 Å². The highest BCUT2D eigenvalue weighted by atomic mass is 16.5. The number of allylic oxidation sites excluding steroid dienone is 2. The maximum absolute atomic E-state index is 13.8. The molecule has 1 saturated carbocycles. The van der Waals surface area contributed by atoms with Crippen LogP contribution in [0.25, 0.3) is 6.08 Å². The first-order valence-corrected chi connectivity index (χ1v) is 15.1. The Morgan fingerprint density at radius 3 is 2.41 bits per heavy atom. The molecule has 4 atom stereocenters. The number of hydrogen-bond acceptors (Lipinski definition) is 5. The first-order chi connectivity index (χ1) is 18.7. The van der Waals surface area contributed by atoms with Gasteiger partial charge in [-0.25, -0.2) is 0 Å². The van der Waals surface area contributed by atoms with Crippen molar-refractivity contribution in [3.8, 4) is 5.75 Å². The van der Waals surface area contributed by atoms with Crippen molar-refractivity contribution in [2.75, 3.05) is 0 Å². The largest absolute Gasteiger partial charge is 0.507 e. The molecule has 1 aromatic rings. The minimum absolute atomic E-state index is 0.00983. The number of phenols is 1. The number of phenolic OH excluding ortho intramolecular Hbond substituents is 1. The lowest BCUT2D eigenvalue weighted by Crippen LogP contribution is -2.46. The van der Waals surface area contributed by atoms with Crippen LogP contribution in [-0.2, 0) is 14.2 Å². The second kappa shape index (κ2) is 11.6. The lowest BCUT2D eigenvalue weighted by Gasteiger charge is -2.42. The number of nitrogens with zero attached hydrogens (tertiary/aromatic N) is 1. The molecular formula is C32H44BNO5. The summed E-state index contributed by atoms with van der Waals surface area (Å²) >= 11 is 0. The fourth-order valence-corrected chi connectivity index (χ4v) is 7.86. The summed E-state index contributed by atoms with van der Waals surface area (Å²) in [5.41, 5.74) is 6.45. The highest BCUT2D eigenvalue weighted by molar-refractivity contribution is 6.43. The van der Waals surface area contributed by atoms with Crippen LogP contribution >= 0.6 is 0 Å². The Balaban J connectivity index is 1.37. The number of hydrogen-bond donors (Lipinski definition) is 2. The molecule has 2 saturated heterocycles. The molecule has 2 heterocycles. The maximum Gasteiger partial charge on any atom is 0.455 e. The number of fused-ring (bicyclic) bond motifs is 3. The van der Waals surface area contributed by atoms with Gasteiger partial charge in [-0.05, 0) is 106 Å². The van der Waals surface area contributed by atoms with Crippen LogP contribution in [-0.4, -0.2) is 46.1 Å². The molecule has 6 nitrogen and oxygen atoms in total. The molecule has 2 aliphatic carbocycles. The van der Waals surface area contributed by atoms with E-state index in [4.69, 9.17) is 4.65 Å². The Labute approximate surface area is 233 Å². The number of amides is 2. The Morgan fingerprint density at radius 1 is 1.05 bits per heavy atom. The number of aryl methyl sites for hydroxylation is 2. The third-order valence-electron chi connectivity index (χ3n) is 9.61. The lowest BCUT2D eigenvalue weighted by atomic mass is 9.58. The minimum Gasteiger partial charge on any atom is -0.507 e. The van der Waals surface area contributed by atoms with E-state index in [9.17, 15) is 19.7 Å². The van der Waals surface area contributed by atoms with E-state index in [1.165, 1.54) is 12.0 Å². The summed E-state index contributed by atoms with van der Waals surface area (Å²) in [5.74, 6) is -0.448. The van der Waals surface area contributed by atoms with Crippen LogP contribution in [0.2, 0.25) is 6.32 Å². The van der Waals surface area contributed by atoms with Gasteiger partial charge in [0.15, 0.2) is 0 Å². The highest BCUT2D eigenvalue weighted by Crippen LogP contribution is 2.51. The monoisotopic (exact) mass is 533 g/mol. The van der Waals surface area contributed by atoms with Crippen LogP contribution in [0.5, 0.6) is 5.75 Å². The average Bonchev–Trinajstić information content (AvgIpc) is 3.15. The third-order valence-corrected chi connectivity index (χ3v) is 9.61. The van der Waals surface area contributed by atoms with Crippen molar-refractivity contribution < 1.29 is 24.4 Å². The summed E-state index contributed by atoms with van der Waals surface area (Å²) in [6, 6.07) is 4.08. The van der Waals surface area contributed by atoms with Crippen molar-refractivity contribution in [3.05, 3.63) is 45.5 Å². The number of rotatable bonds is 7. The predicted molar refractivity (Wildman–Crippen MR) is 154 cm³/mol. The van der Waals surface area contributed by atoms with Crippen LogP contribution in [0.3, 0.4) is 0 Å². The van der Waals surface area contributed by atoms with Gasteiger partial charge in [-0.15, -0.1) is 0 Å². The zero-order valence-electron chi connectivity index (χ0n) is 24.0. The minimum atomic E-state index is -0.928. The molecule has 210 valence electrons. The summed E-state index contributed by atoms with van der Waals surface area (Å²) < 4.78 is 6.14. The van der Waals surface area contributed by atoms with Gasteiger partial charge in [0.1, 0.15) is 5.75 Å². The van der Waals surface area contributed by atoms with Crippen molar-refractivity contribution in [1.82, 2.24) is 4.90 Å². The normalized spacial score (nSPS) is 28.3. The van der Waals surface area contributed by atoms with Crippen LogP contribution < -0.4 is 0 Å². The molecular weight excluding hydrogens is 489 g/mol. The molecule has 5 rings (SSSR count). The SMILES string of the molecule is CCC/C(=C\c1cc(C)c(O)c(C)c1)CC[C@H]1OB(O)C[C@H]2C1=C(C)C[C@H]1C(=O)N(C3CCCCC3)C(=O)[C@H]12. The molecule has 2 aliphatic heterocycles. The van der Waals surface area contributed by atoms with Gasteiger partial charge < -0.3 is 14.8 Å². The lowest BCUT2D eigenvalue weighted by molar-refractivity contribution is -0.143. The van der Waals surface area contributed by atoms with Gasteiger partial charge in [0.25, 0.3) is 0 Å². The molecule has 1 aromatic carbocycles. The van der Waals surface area contributed by atoms with E-state index < -0.39 is 7.12 Å². The van der Waals surface area contributed by atoms with Gasteiger partial charge in [0.05, 0.1) is 17.9 Å². The third kappa shape index (κ3) is 5.49. The summed E-state index contributed by atoms with van der Waals surface area (Å²) in [6.07, 6.45) is 11.7. The molecule has 0 spiro atoms. The number of carbonyl (C=O) groups excluding carboxylic acids is 2. The fourth-order valence-electron chi connectivity index (χ4n) is 7.86. The van der Waals surface area contributed by atoms with Crippen LogP contribution in [0.4, 0.5) is 0 Å². The summed E-state index contributed by atoms with van der Waals surface area (Å²) in [6.45, 7) is 8.12. The highest BCUT2D eigenvalue weighted by Gasteiger charge is 2.57. The number of likely N-dealkylation sites (tertiary alicyclic amines) is 1. The van der Waals surface area contributed by atoms with Gasteiger partial charge in [-0.3, -0.25) is 14.5 Å². The van der Waals surface area contributed by atoms with Crippen LogP contribution in [0.15, 0.2) is 28.9 Å². The molecule has 39 heavy (non-hydrogen) atoms. The van der Waals surface area contributed by atoms with Crippen molar-refractivity contribution in [3.63, 3.8) is 0 Å². The average molecular weight is 534 g/mol. The van der Waals surface area contributed by atoms with Crippen LogP contribution in [0, 0.1) is 31.6 Å². The molecule has 0 unspecified atom stereocenters. The van der Waals surface area contributed by atoms with Gasteiger partial charge in [-0.2, -0.15) is 0 Å². The molecule has 4 aliphatic rings. The molecule has 0 aromatic heterocycles. The summed E-state index contributed by atoms with van der Waals surface area (Å²) in [5, 5.41) is 21.0. The summed E-state index contributed by atoms with van der Waals surface area (Å²) in [4.78, 5) is 28.9. The van der Waals surface area contributed by atoms with E-state index in [1.807, 2.05) is 26.0 Å². The smallest absolute Gasteiger partial charge is 0.455 e. The Bertz CT molecular complexity index is 1160. The second-order valence-electron chi connectivity index (χ2n) is 12.4. The topological polar surface area (TPSA) is 87.1 Å². The Hall–Kier alpha value is -2.38. The number of imide groups is 1. The number of aromatic hydroxyl groups is 1. The van der Waals surface area contributed by atoms with Crippen molar-refractivity contribution in [2.45, 2.75) is 110 Å². The van der Waals surface area contributed by atoms with Crippen molar-refractivity contribution in [1.29, 1.82) is 0 Å². The zero-order chi connectivity index (χ0) is 27.8. The molecule has 7 heteroatoms. The quantitative estimate of drug-likeness (QED) is 0.251. The first-order valence-electron chi connectivity index (χ1n) is 15.1. The number of carbonyl (C=O) groups is 2. The van der Waals surface area contributed by atoms with Crippen molar-refractivity contribution in [2.24, 2.45) is 17.8 Å². The van der Waals surface area contributed by atoms with Crippen molar-refractivity contribution >= 4 is 25.0 Å². The van der Waals surface area contributed by atoms with Gasteiger partial charge >= 0.3 is 7.12 Å². The molecule has 2 amide bonds. The fraction of sp³-hybridized carbons (Fsp3) is 0.625. The van der Waals surface area contributed by atoms with Gasteiger partial charge in [0.2, 0.25) is 11.8 Å². The second-order valence-corrected chi connectivity index (χ2v) is 12.4. The molecule has 0 bridgehead atoms. The van der Waals surface area contributed by atoms with E-state index >= 15 is 0 Å². The van der Waals surface area contributed by atoms with E-state index in [1.54, 1.807) is 4.90 Å². The predicted octanol–water partition coefficient (Wildman–Crippen LogP) is 6.12. The maximum atomic E-state index is 13.8.